The average molecular weight is 270 g/mol. The van der Waals surface area contributed by atoms with Crippen molar-refractivity contribution in [3.05, 3.63) is 33.4 Å². The minimum absolute atomic E-state index is 0.135. The minimum atomic E-state index is -5.87. The molecule has 18 heavy (non-hydrogen) atoms. The summed E-state index contributed by atoms with van der Waals surface area (Å²) in [6.45, 7) is 1.11. The number of nitrogens with two attached hydrogens (primary N) is 1. The van der Waals surface area contributed by atoms with E-state index in [0.717, 1.165) is 13.0 Å². The number of halogens is 5. The number of alkyl halides is 5. The molecular weight excluding hydrogens is 263 g/mol. The van der Waals surface area contributed by atoms with Gasteiger partial charge in [-0.2, -0.15) is 22.0 Å². The highest BCUT2D eigenvalue weighted by molar-refractivity contribution is 5.60. The van der Waals surface area contributed by atoms with Gasteiger partial charge in [-0.25, -0.2) is 0 Å². The standard InChI is InChI=1S/C9H7F5N2O2/c1-4-2-5(16(17)18)3-6(7(4)15)8(10,11)9(12,13)14/h2-3H,15H2,1H3. The van der Waals surface area contributed by atoms with Gasteiger partial charge < -0.3 is 5.73 Å². The van der Waals surface area contributed by atoms with Crippen molar-refractivity contribution in [2.24, 2.45) is 0 Å². The van der Waals surface area contributed by atoms with Crippen LogP contribution in [0.4, 0.5) is 33.3 Å². The Balaban J connectivity index is 3.54. The van der Waals surface area contributed by atoms with Crippen molar-refractivity contribution < 1.29 is 26.9 Å². The molecule has 2 N–H and O–H groups in total. The fraction of sp³-hybridized carbons (Fsp3) is 0.333. The molecule has 0 radical (unpaired) electrons. The molecule has 1 aromatic rings. The molecule has 0 bridgehead atoms. The number of benzene rings is 1. The van der Waals surface area contributed by atoms with E-state index in [-0.39, 0.29) is 11.6 Å². The lowest BCUT2D eigenvalue weighted by atomic mass is 10.0. The van der Waals surface area contributed by atoms with E-state index in [1.807, 2.05) is 0 Å². The highest BCUT2D eigenvalue weighted by Crippen LogP contribution is 2.47. The first kappa shape index (κ1) is 14.1. The Kier molecular flexibility index (Phi) is 3.20. The van der Waals surface area contributed by atoms with E-state index in [4.69, 9.17) is 5.73 Å². The Bertz CT molecular complexity index is 498. The highest BCUT2D eigenvalue weighted by atomic mass is 19.4. The molecule has 100 valence electrons. The fourth-order valence-electron chi connectivity index (χ4n) is 1.30. The number of hydrogen-bond acceptors (Lipinski definition) is 3. The number of nitro benzene ring substituents is 1. The van der Waals surface area contributed by atoms with Crippen molar-refractivity contribution in [3.63, 3.8) is 0 Å². The lowest BCUT2D eigenvalue weighted by molar-refractivity contribution is -0.385. The lowest BCUT2D eigenvalue weighted by Crippen LogP contribution is -2.34. The van der Waals surface area contributed by atoms with Crippen LogP contribution < -0.4 is 5.73 Å². The van der Waals surface area contributed by atoms with E-state index >= 15 is 0 Å². The summed E-state index contributed by atoms with van der Waals surface area (Å²) < 4.78 is 62.8. The van der Waals surface area contributed by atoms with Crippen LogP contribution in [0.15, 0.2) is 12.1 Å². The van der Waals surface area contributed by atoms with Crippen molar-refractivity contribution in [2.75, 3.05) is 5.73 Å². The molecule has 0 spiro atoms. The first-order chi connectivity index (χ1) is 7.98. The van der Waals surface area contributed by atoms with Gasteiger partial charge in [-0.15, -0.1) is 0 Å². The van der Waals surface area contributed by atoms with E-state index in [1.165, 1.54) is 0 Å². The van der Waals surface area contributed by atoms with Gasteiger partial charge >= 0.3 is 12.1 Å². The Labute approximate surface area is 97.3 Å². The third kappa shape index (κ3) is 2.20. The third-order valence-electron chi connectivity index (χ3n) is 2.28. The Morgan fingerprint density at radius 1 is 1.22 bits per heavy atom. The van der Waals surface area contributed by atoms with Gasteiger partial charge in [0.2, 0.25) is 0 Å². The number of rotatable bonds is 2. The molecule has 1 aromatic carbocycles. The van der Waals surface area contributed by atoms with Crippen molar-refractivity contribution in [2.45, 2.75) is 19.0 Å². The number of nitrogens with zero attached hydrogens (tertiary/aromatic N) is 1. The SMILES string of the molecule is Cc1cc([N+](=O)[O-])cc(C(F)(F)C(F)(F)F)c1N. The highest BCUT2D eigenvalue weighted by Gasteiger charge is 2.60. The van der Waals surface area contributed by atoms with Crippen molar-refractivity contribution in [3.8, 4) is 0 Å². The van der Waals surface area contributed by atoms with Gasteiger partial charge in [-0.3, -0.25) is 10.1 Å². The molecule has 0 unspecified atom stereocenters. The first-order valence-electron chi connectivity index (χ1n) is 4.48. The summed E-state index contributed by atoms with van der Waals surface area (Å²) in [6, 6.07) is 0.959. The summed E-state index contributed by atoms with van der Waals surface area (Å²) in [6.07, 6.45) is -5.87. The molecule has 0 heterocycles. The maximum atomic E-state index is 13.1. The van der Waals surface area contributed by atoms with E-state index < -0.39 is 34.0 Å². The van der Waals surface area contributed by atoms with Gasteiger partial charge in [0.15, 0.2) is 0 Å². The molecule has 0 aromatic heterocycles. The van der Waals surface area contributed by atoms with Gasteiger partial charge in [0.1, 0.15) is 0 Å². The summed E-state index contributed by atoms with van der Waals surface area (Å²) in [7, 11) is 0. The zero-order valence-electron chi connectivity index (χ0n) is 8.89. The molecule has 0 amide bonds. The van der Waals surface area contributed by atoms with Gasteiger partial charge in [-0.1, -0.05) is 0 Å². The van der Waals surface area contributed by atoms with Gasteiger partial charge in [0.25, 0.3) is 5.69 Å². The first-order valence-corrected chi connectivity index (χ1v) is 4.48. The van der Waals surface area contributed by atoms with Crippen LogP contribution in [0.1, 0.15) is 11.1 Å². The quantitative estimate of drug-likeness (QED) is 0.388. The zero-order chi connectivity index (χ0) is 14.3. The lowest BCUT2D eigenvalue weighted by Gasteiger charge is -2.21. The van der Waals surface area contributed by atoms with Crippen LogP contribution in [0.5, 0.6) is 0 Å². The monoisotopic (exact) mass is 270 g/mol. The maximum absolute atomic E-state index is 13.1. The zero-order valence-corrected chi connectivity index (χ0v) is 8.89. The van der Waals surface area contributed by atoms with Crippen LogP contribution in [0, 0.1) is 17.0 Å². The second-order valence-electron chi connectivity index (χ2n) is 3.55. The van der Waals surface area contributed by atoms with E-state index in [0.29, 0.717) is 0 Å². The second kappa shape index (κ2) is 4.07. The van der Waals surface area contributed by atoms with Crippen LogP contribution in [0.3, 0.4) is 0 Å². The Morgan fingerprint density at radius 2 is 1.72 bits per heavy atom. The number of nitrogen functional groups attached to an aromatic ring is 1. The van der Waals surface area contributed by atoms with E-state index in [9.17, 15) is 32.1 Å². The molecule has 1 rings (SSSR count). The summed E-state index contributed by atoms with van der Waals surface area (Å²) in [5.74, 6) is -5.24. The number of hydrogen-bond donors (Lipinski definition) is 1. The van der Waals surface area contributed by atoms with Crippen LogP contribution in [0.25, 0.3) is 0 Å². The smallest absolute Gasteiger partial charge is 0.398 e. The summed E-state index contributed by atoms with van der Waals surface area (Å²) in [5, 5.41) is 10.4. The normalized spacial score (nSPS) is 12.6. The second-order valence-corrected chi connectivity index (χ2v) is 3.55. The number of nitro groups is 1. The van der Waals surface area contributed by atoms with Crippen LogP contribution in [-0.4, -0.2) is 11.1 Å². The molecule has 0 aliphatic rings. The van der Waals surface area contributed by atoms with E-state index in [2.05, 4.69) is 0 Å². The van der Waals surface area contributed by atoms with E-state index in [1.54, 1.807) is 0 Å². The molecule has 0 atom stereocenters. The fourth-order valence-corrected chi connectivity index (χ4v) is 1.30. The van der Waals surface area contributed by atoms with Gasteiger partial charge in [0, 0.05) is 17.8 Å². The summed E-state index contributed by atoms with van der Waals surface area (Å²) in [4.78, 5) is 9.36. The predicted octanol–water partition coefficient (Wildman–Crippen LogP) is 3.14. The summed E-state index contributed by atoms with van der Waals surface area (Å²) >= 11 is 0. The van der Waals surface area contributed by atoms with Gasteiger partial charge in [0.05, 0.1) is 10.5 Å². The predicted molar refractivity (Wildman–Crippen MR) is 52.2 cm³/mol. The molecule has 0 aliphatic carbocycles. The Hall–Kier alpha value is -1.93. The minimum Gasteiger partial charge on any atom is -0.398 e. The van der Waals surface area contributed by atoms with Crippen LogP contribution in [-0.2, 0) is 5.92 Å². The van der Waals surface area contributed by atoms with Crippen molar-refractivity contribution >= 4 is 11.4 Å². The number of non-ortho nitro benzene ring substituents is 1. The van der Waals surface area contributed by atoms with Gasteiger partial charge in [-0.05, 0) is 12.5 Å². The molecule has 0 saturated carbocycles. The number of anilines is 1. The number of aryl methyl sites for hydroxylation is 1. The van der Waals surface area contributed by atoms with Crippen molar-refractivity contribution in [1.82, 2.24) is 0 Å². The molecule has 0 aliphatic heterocycles. The molecule has 0 fully saturated rings. The molecule has 9 heteroatoms. The molecular formula is C9H7F5N2O2. The average Bonchev–Trinajstić information content (AvgIpc) is 2.19. The third-order valence-corrected chi connectivity index (χ3v) is 2.28. The Morgan fingerprint density at radius 3 is 2.11 bits per heavy atom. The van der Waals surface area contributed by atoms with Crippen LogP contribution >= 0.6 is 0 Å². The maximum Gasteiger partial charge on any atom is 0.458 e. The molecule has 4 nitrogen and oxygen atoms in total. The van der Waals surface area contributed by atoms with Crippen molar-refractivity contribution in [1.29, 1.82) is 0 Å². The summed E-state index contributed by atoms with van der Waals surface area (Å²) in [5.41, 5.74) is 1.61. The van der Waals surface area contributed by atoms with Crippen LogP contribution in [0.2, 0.25) is 0 Å². The molecule has 0 saturated heterocycles. The topological polar surface area (TPSA) is 69.2 Å². The largest absolute Gasteiger partial charge is 0.458 e.